The molecule has 11 atom stereocenters. The number of esters is 1. The zero-order chi connectivity index (χ0) is 31.1. The van der Waals surface area contributed by atoms with Crippen LogP contribution in [0, 0.1) is 0 Å². The molecular formula is C38H82O9. The van der Waals surface area contributed by atoms with Crippen molar-refractivity contribution in [2.24, 2.45) is 0 Å². The Labute approximate surface area is 292 Å². The van der Waals surface area contributed by atoms with Crippen molar-refractivity contribution >= 4 is 5.97 Å². The predicted octanol–water partition coefficient (Wildman–Crippen LogP) is 9.99. The van der Waals surface area contributed by atoms with Crippen LogP contribution in [0.5, 0.6) is 0 Å². The predicted molar refractivity (Wildman–Crippen MR) is 196 cm³/mol. The van der Waals surface area contributed by atoms with Gasteiger partial charge in [0.05, 0.1) is 42.7 Å². The van der Waals surface area contributed by atoms with Gasteiger partial charge in [0.15, 0.2) is 18.9 Å². The van der Waals surface area contributed by atoms with Gasteiger partial charge in [-0.2, -0.15) is 0 Å². The maximum absolute atomic E-state index is 11.2. The van der Waals surface area contributed by atoms with Gasteiger partial charge in [-0.1, -0.05) is 64.8 Å². The minimum Gasteiger partial charge on any atom is -0.463 e. The molecule has 3 aliphatic heterocycles. The fraction of sp³-hybridized carbons (Fsp3) is 0.974. The molecule has 3 heterocycles. The van der Waals surface area contributed by atoms with E-state index < -0.39 is 0 Å². The molecule has 47 heavy (non-hydrogen) atoms. The molecule has 3 rings (SSSR count). The fourth-order valence-electron chi connectivity index (χ4n) is 6.10. The van der Waals surface area contributed by atoms with E-state index in [1.54, 1.807) is 0 Å². The largest absolute Gasteiger partial charge is 0.463 e. The van der Waals surface area contributed by atoms with E-state index in [9.17, 15) is 9.90 Å². The average molecular weight is 683 g/mol. The third-order valence-electron chi connectivity index (χ3n) is 8.49. The number of carbonyl (C=O) groups is 1. The smallest absolute Gasteiger partial charge is 0.302 e. The normalized spacial score (nSPS) is 31.3. The Kier molecular flexibility index (Phi) is 32.7. The van der Waals surface area contributed by atoms with Crippen LogP contribution in [0.15, 0.2) is 0 Å². The van der Waals surface area contributed by atoms with Gasteiger partial charge in [0.25, 0.3) is 0 Å². The second-order valence-electron chi connectivity index (χ2n) is 12.2. The highest BCUT2D eigenvalue weighted by Gasteiger charge is 2.31. The first-order valence-corrected chi connectivity index (χ1v) is 16.8. The molecule has 0 aromatic heterocycles. The Morgan fingerprint density at radius 3 is 1.26 bits per heavy atom. The van der Waals surface area contributed by atoms with Crippen LogP contribution in [0.4, 0.5) is 0 Å². The molecule has 0 spiro atoms. The van der Waals surface area contributed by atoms with E-state index in [-0.39, 0.29) is 86.4 Å². The maximum Gasteiger partial charge on any atom is 0.302 e. The summed E-state index contributed by atoms with van der Waals surface area (Å²) in [6.45, 7) is 15.8. The molecule has 0 aromatic rings. The molecule has 9 heteroatoms. The molecule has 11 unspecified atom stereocenters. The topological polar surface area (TPSA) is 102 Å². The van der Waals surface area contributed by atoms with E-state index in [1.807, 2.05) is 27.7 Å². The van der Waals surface area contributed by atoms with E-state index in [0.717, 1.165) is 70.6 Å². The van der Waals surface area contributed by atoms with Gasteiger partial charge >= 0.3 is 5.97 Å². The lowest BCUT2D eigenvalue weighted by Crippen LogP contribution is -2.39. The van der Waals surface area contributed by atoms with Crippen LogP contribution in [-0.4, -0.2) is 78.8 Å². The standard InChI is InChI=1S/C17H32O5.C16H30O4.5CH4/c1-5-14(19)7-8-16(20-12(3)18)9-10-17-11-15(6-2)21-13(4)22-17;1-5-13-9-15(19-11(3)17-13)7-8-16-10-14(6-2)18-12(4)20-16;;;;;/h13-17,19H,5-11H2,1-4H3;11-16H,5-10H2,1-4H3;5*1H4. The Morgan fingerprint density at radius 1 is 0.596 bits per heavy atom. The SMILES string of the molecule is C.C.C.C.C.CCC(O)CCC(CCC1CC(CC)OC(C)O1)OC(C)=O.CCC1CC(CCC2CC(CC)OC(C)O2)OC(C)O1. The number of aliphatic hydroxyl groups excluding tert-OH is 1. The summed E-state index contributed by atoms with van der Waals surface area (Å²) in [5, 5.41) is 9.68. The van der Waals surface area contributed by atoms with Crippen molar-refractivity contribution in [3.63, 3.8) is 0 Å². The van der Waals surface area contributed by atoms with Crippen molar-refractivity contribution in [1.29, 1.82) is 0 Å². The van der Waals surface area contributed by atoms with Crippen molar-refractivity contribution in [3.05, 3.63) is 0 Å². The van der Waals surface area contributed by atoms with Crippen molar-refractivity contribution < 1.29 is 43.1 Å². The third kappa shape index (κ3) is 21.8. The Bertz CT molecular complexity index is 695. The van der Waals surface area contributed by atoms with Crippen molar-refractivity contribution in [2.75, 3.05) is 0 Å². The zero-order valence-corrected chi connectivity index (χ0v) is 27.8. The van der Waals surface area contributed by atoms with Gasteiger partial charge in [0, 0.05) is 6.92 Å². The number of hydrogen-bond acceptors (Lipinski definition) is 9. The van der Waals surface area contributed by atoms with E-state index in [0.29, 0.717) is 37.3 Å². The first kappa shape index (κ1) is 53.0. The average Bonchev–Trinajstić information content (AvgIpc) is 2.96. The molecule has 3 aliphatic rings. The van der Waals surface area contributed by atoms with Gasteiger partial charge in [0.2, 0.25) is 0 Å². The lowest BCUT2D eigenvalue weighted by Gasteiger charge is -2.37. The summed E-state index contributed by atoms with van der Waals surface area (Å²) in [5.74, 6) is -0.260. The van der Waals surface area contributed by atoms with E-state index in [1.165, 1.54) is 6.92 Å². The molecule has 0 amide bonds. The Hall–Kier alpha value is -0.810. The molecule has 0 aromatic carbocycles. The van der Waals surface area contributed by atoms with Gasteiger partial charge in [-0.15, -0.1) is 0 Å². The summed E-state index contributed by atoms with van der Waals surface area (Å²) in [6.07, 6.45) is 12.8. The molecule has 0 bridgehead atoms. The first-order valence-electron chi connectivity index (χ1n) is 16.8. The van der Waals surface area contributed by atoms with Gasteiger partial charge in [-0.25, -0.2) is 0 Å². The number of aliphatic hydroxyl groups is 1. The highest BCUT2D eigenvalue weighted by atomic mass is 16.7. The monoisotopic (exact) mass is 683 g/mol. The number of ether oxygens (including phenoxy) is 7. The third-order valence-corrected chi connectivity index (χ3v) is 8.49. The zero-order valence-electron chi connectivity index (χ0n) is 27.8. The van der Waals surface area contributed by atoms with E-state index in [2.05, 4.69) is 20.8 Å². The molecule has 288 valence electrons. The van der Waals surface area contributed by atoms with Gasteiger partial charge < -0.3 is 38.3 Å². The van der Waals surface area contributed by atoms with Crippen molar-refractivity contribution in [3.8, 4) is 0 Å². The molecule has 0 saturated carbocycles. The van der Waals surface area contributed by atoms with Crippen LogP contribution in [0.3, 0.4) is 0 Å². The Balaban J connectivity index is -0.000000356. The minimum absolute atomic E-state index is 0. The van der Waals surface area contributed by atoms with Crippen molar-refractivity contribution in [1.82, 2.24) is 0 Å². The van der Waals surface area contributed by atoms with Crippen molar-refractivity contribution in [2.45, 2.75) is 244 Å². The fourth-order valence-corrected chi connectivity index (χ4v) is 6.10. The van der Waals surface area contributed by atoms with Crippen LogP contribution in [0.1, 0.15) is 176 Å². The molecule has 0 radical (unpaired) electrons. The molecule has 0 aliphatic carbocycles. The van der Waals surface area contributed by atoms with Gasteiger partial charge in [0.1, 0.15) is 6.10 Å². The molecule has 1 N–H and O–H groups in total. The molecular weight excluding hydrogens is 600 g/mol. The summed E-state index contributed by atoms with van der Waals surface area (Å²) in [7, 11) is 0. The summed E-state index contributed by atoms with van der Waals surface area (Å²) in [6, 6.07) is 0. The Morgan fingerprint density at radius 2 is 0.936 bits per heavy atom. The summed E-state index contributed by atoms with van der Waals surface area (Å²) < 4.78 is 40.1. The first-order chi connectivity index (χ1) is 20.0. The van der Waals surface area contributed by atoms with Crippen LogP contribution >= 0.6 is 0 Å². The quantitative estimate of drug-likeness (QED) is 0.179. The summed E-state index contributed by atoms with van der Waals surface area (Å²) in [4.78, 5) is 11.2. The van der Waals surface area contributed by atoms with E-state index >= 15 is 0 Å². The summed E-state index contributed by atoms with van der Waals surface area (Å²) >= 11 is 0. The lowest BCUT2D eigenvalue weighted by molar-refractivity contribution is -0.248. The second kappa shape index (κ2) is 29.0. The molecule has 3 fully saturated rings. The van der Waals surface area contributed by atoms with Gasteiger partial charge in [-0.3, -0.25) is 4.79 Å². The van der Waals surface area contributed by atoms with Crippen LogP contribution in [-0.2, 0) is 38.0 Å². The van der Waals surface area contributed by atoms with Crippen LogP contribution in [0.25, 0.3) is 0 Å². The van der Waals surface area contributed by atoms with Gasteiger partial charge in [-0.05, 0) is 104 Å². The number of carbonyl (C=O) groups excluding carboxylic acids is 1. The number of hydrogen-bond donors (Lipinski definition) is 1. The molecule has 3 saturated heterocycles. The highest BCUT2D eigenvalue weighted by molar-refractivity contribution is 5.66. The van der Waals surface area contributed by atoms with Crippen LogP contribution in [0.2, 0.25) is 0 Å². The van der Waals surface area contributed by atoms with E-state index in [4.69, 9.17) is 33.2 Å². The highest BCUT2D eigenvalue weighted by Crippen LogP contribution is 2.28. The lowest BCUT2D eigenvalue weighted by atomic mass is 9.98. The minimum atomic E-state index is -0.318. The summed E-state index contributed by atoms with van der Waals surface area (Å²) in [5.41, 5.74) is 0. The molecule has 9 nitrogen and oxygen atoms in total. The second-order valence-corrected chi connectivity index (χ2v) is 12.2. The number of rotatable bonds is 14. The van der Waals surface area contributed by atoms with Crippen LogP contribution < -0.4 is 0 Å². The maximum atomic E-state index is 11.2.